The number of hydrogen-bond acceptors (Lipinski definition) is 5. The van der Waals surface area contributed by atoms with Gasteiger partial charge in [-0.15, -0.1) is 0 Å². The van der Waals surface area contributed by atoms with Gasteiger partial charge in [0.25, 0.3) is 5.91 Å². The highest BCUT2D eigenvalue weighted by Crippen LogP contribution is 2.29. The van der Waals surface area contributed by atoms with E-state index in [1.54, 1.807) is 28.9 Å². The van der Waals surface area contributed by atoms with Crippen LogP contribution in [0.3, 0.4) is 0 Å². The number of nitrogens with zero attached hydrogens (tertiary/aromatic N) is 5. The van der Waals surface area contributed by atoms with Crippen molar-refractivity contribution in [2.75, 3.05) is 5.32 Å². The zero-order valence-corrected chi connectivity index (χ0v) is 16.5. The van der Waals surface area contributed by atoms with Gasteiger partial charge in [0.2, 0.25) is 0 Å². The van der Waals surface area contributed by atoms with Crippen LogP contribution in [-0.4, -0.2) is 35.9 Å². The van der Waals surface area contributed by atoms with Crippen LogP contribution in [-0.2, 0) is 6.54 Å². The Balaban J connectivity index is 1.67. The van der Waals surface area contributed by atoms with E-state index in [4.69, 9.17) is 23.2 Å². The maximum Gasteiger partial charge on any atom is 0.258 e. The van der Waals surface area contributed by atoms with Gasteiger partial charge in [0, 0.05) is 16.9 Å². The van der Waals surface area contributed by atoms with E-state index in [2.05, 4.69) is 30.6 Å². The molecule has 1 aromatic carbocycles. The van der Waals surface area contributed by atoms with E-state index in [1.807, 2.05) is 13.8 Å². The molecule has 0 radical (unpaired) electrons. The van der Waals surface area contributed by atoms with Crippen LogP contribution in [0.15, 0.2) is 30.5 Å². The fourth-order valence-corrected chi connectivity index (χ4v) is 3.35. The third kappa shape index (κ3) is 3.44. The Bertz CT molecular complexity index is 1180. The van der Waals surface area contributed by atoms with Crippen molar-refractivity contribution in [2.45, 2.75) is 20.4 Å². The van der Waals surface area contributed by atoms with E-state index in [9.17, 15) is 4.79 Å². The summed E-state index contributed by atoms with van der Waals surface area (Å²) in [4.78, 5) is 21.3. The first-order chi connectivity index (χ1) is 13.4. The molecule has 4 aromatic rings. The van der Waals surface area contributed by atoms with Crippen molar-refractivity contribution < 1.29 is 4.79 Å². The van der Waals surface area contributed by atoms with Crippen molar-refractivity contribution in [1.82, 2.24) is 29.9 Å². The molecule has 142 valence electrons. The quantitative estimate of drug-likeness (QED) is 0.527. The summed E-state index contributed by atoms with van der Waals surface area (Å²) < 4.78 is 1.67. The second-order valence-corrected chi connectivity index (χ2v) is 7.04. The number of pyridine rings is 1. The molecule has 1 amide bonds. The summed E-state index contributed by atoms with van der Waals surface area (Å²) >= 11 is 12.4. The van der Waals surface area contributed by atoms with Gasteiger partial charge in [0.15, 0.2) is 11.5 Å². The SMILES string of the molecule is Cc1nc(Cn2nc(C)c3c(Cl)c(C(=O)Nc4ccc(Cl)cc4)cnc32)n[nH]1. The van der Waals surface area contributed by atoms with Crippen molar-refractivity contribution >= 4 is 45.8 Å². The fraction of sp³-hybridized carbons (Fsp3) is 0.167. The number of carbonyl (C=O) groups excluding carboxylic acids is 1. The number of carbonyl (C=O) groups is 1. The number of nitrogens with one attached hydrogen (secondary N) is 2. The van der Waals surface area contributed by atoms with Crippen LogP contribution < -0.4 is 5.32 Å². The summed E-state index contributed by atoms with van der Waals surface area (Å²) in [7, 11) is 0. The normalized spacial score (nSPS) is 11.1. The molecule has 3 heterocycles. The number of rotatable bonds is 4. The zero-order valence-electron chi connectivity index (χ0n) is 15.0. The lowest BCUT2D eigenvalue weighted by molar-refractivity contribution is 0.102. The van der Waals surface area contributed by atoms with Crippen LogP contribution >= 0.6 is 23.2 Å². The van der Waals surface area contributed by atoms with E-state index in [-0.39, 0.29) is 11.5 Å². The van der Waals surface area contributed by atoms with Crippen molar-refractivity contribution in [2.24, 2.45) is 0 Å². The topological polar surface area (TPSA) is 101 Å². The van der Waals surface area contributed by atoms with E-state index < -0.39 is 0 Å². The Morgan fingerprint density at radius 1 is 1.21 bits per heavy atom. The molecule has 0 aliphatic carbocycles. The molecular weight excluding hydrogens is 401 g/mol. The average molecular weight is 416 g/mol. The minimum absolute atomic E-state index is 0.264. The van der Waals surface area contributed by atoms with Crippen molar-refractivity contribution in [3.8, 4) is 0 Å². The molecule has 0 unspecified atom stereocenters. The van der Waals surface area contributed by atoms with Gasteiger partial charge in [-0.3, -0.25) is 9.89 Å². The van der Waals surface area contributed by atoms with Crippen LogP contribution in [0.5, 0.6) is 0 Å². The highest BCUT2D eigenvalue weighted by atomic mass is 35.5. The number of benzene rings is 1. The molecule has 4 rings (SSSR count). The Hall–Kier alpha value is -2.97. The molecule has 2 N–H and O–H groups in total. The minimum Gasteiger partial charge on any atom is -0.322 e. The number of H-pyrrole nitrogens is 1. The maximum atomic E-state index is 12.7. The molecule has 0 saturated carbocycles. The van der Waals surface area contributed by atoms with Crippen LogP contribution in [0.1, 0.15) is 27.7 Å². The number of fused-ring (bicyclic) bond motifs is 1. The van der Waals surface area contributed by atoms with Gasteiger partial charge < -0.3 is 5.32 Å². The van der Waals surface area contributed by atoms with Crippen LogP contribution in [0.2, 0.25) is 10.0 Å². The first-order valence-corrected chi connectivity index (χ1v) is 9.14. The Kier molecular flexibility index (Phi) is 4.74. The van der Waals surface area contributed by atoms with Crippen LogP contribution in [0.25, 0.3) is 11.0 Å². The lowest BCUT2D eigenvalue weighted by Gasteiger charge is -2.08. The number of halogens is 2. The van der Waals surface area contributed by atoms with Gasteiger partial charge in [-0.2, -0.15) is 10.2 Å². The maximum absolute atomic E-state index is 12.7. The Morgan fingerprint density at radius 3 is 2.64 bits per heavy atom. The summed E-state index contributed by atoms with van der Waals surface area (Å²) in [6.07, 6.45) is 1.44. The molecule has 0 aliphatic rings. The number of amides is 1. The lowest BCUT2D eigenvalue weighted by Crippen LogP contribution is -2.13. The summed E-state index contributed by atoms with van der Waals surface area (Å²) in [6.45, 7) is 3.98. The third-order valence-corrected chi connectivity index (χ3v) is 4.80. The molecule has 8 nitrogen and oxygen atoms in total. The van der Waals surface area contributed by atoms with E-state index in [1.165, 1.54) is 6.20 Å². The van der Waals surface area contributed by atoms with Gasteiger partial charge in [-0.25, -0.2) is 14.6 Å². The molecular formula is C18H15Cl2N7O. The predicted octanol–water partition coefficient (Wildman–Crippen LogP) is 3.77. The van der Waals surface area contributed by atoms with E-state index >= 15 is 0 Å². The molecule has 0 saturated heterocycles. The van der Waals surface area contributed by atoms with Gasteiger partial charge in [-0.1, -0.05) is 23.2 Å². The summed E-state index contributed by atoms with van der Waals surface area (Å²) in [5.41, 5.74) is 2.10. The Morgan fingerprint density at radius 2 is 1.96 bits per heavy atom. The molecule has 28 heavy (non-hydrogen) atoms. The van der Waals surface area contributed by atoms with Crippen molar-refractivity contribution in [1.29, 1.82) is 0 Å². The molecule has 0 fully saturated rings. The van der Waals surface area contributed by atoms with Crippen LogP contribution in [0, 0.1) is 13.8 Å². The number of hydrogen-bond donors (Lipinski definition) is 2. The highest BCUT2D eigenvalue weighted by molar-refractivity contribution is 6.39. The van der Waals surface area contributed by atoms with E-state index in [0.29, 0.717) is 44.8 Å². The third-order valence-electron chi connectivity index (χ3n) is 4.15. The second-order valence-electron chi connectivity index (χ2n) is 6.23. The molecule has 10 heteroatoms. The number of aromatic amines is 1. The molecule has 3 aromatic heterocycles. The zero-order chi connectivity index (χ0) is 19.8. The molecule has 0 spiro atoms. The molecule has 0 aliphatic heterocycles. The standard InChI is InChI=1S/C18H15Cl2N7O/c1-9-15-16(20)13(18(28)23-12-5-3-11(19)4-6-12)7-21-17(15)27(26-9)8-14-22-10(2)24-25-14/h3-7H,8H2,1-2H3,(H,23,28)(H,22,24,25). The van der Waals surface area contributed by atoms with Gasteiger partial charge in [0.1, 0.15) is 12.4 Å². The first-order valence-electron chi connectivity index (χ1n) is 8.39. The summed E-state index contributed by atoms with van der Waals surface area (Å²) in [5.74, 6) is 0.943. The summed E-state index contributed by atoms with van der Waals surface area (Å²) in [5, 5.41) is 15.7. The highest BCUT2D eigenvalue weighted by Gasteiger charge is 2.20. The monoisotopic (exact) mass is 415 g/mol. The largest absolute Gasteiger partial charge is 0.322 e. The lowest BCUT2D eigenvalue weighted by atomic mass is 10.2. The number of anilines is 1. The number of aryl methyl sites for hydroxylation is 2. The van der Waals surface area contributed by atoms with Gasteiger partial charge in [-0.05, 0) is 38.1 Å². The smallest absolute Gasteiger partial charge is 0.258 e. The van der Waals surface area contributed by atoms with Gasteiger partial charge >= 0.3 is 0 Å². The number of aromatic nitrogens is 6. The van der Waals surface area contributed by atoms with Gasteiger partial charge in [0.05, 0.1) is 21.7 Å². The first kappa shape index (κ1) is 18.4. The van der Waals surface area contributed by atoms with Crippen molar-refractivity contribution in [3.63, 3.8) is 0 Å². The Labute approximate surface area is 169 Å². The van der Waals surface area contributed by atoms with E-state index in [0.717, 1.165) is 5.82 Å². The minimum atomic E-state index is -0.363. The fourth-order valence-electron chi connectivity index (χ4n) is 2.87. The predicted molar refractivity (Wildman–Crippen MR) is 107 cm³/mol. The van der Waals surface area contributed by atoms with Crippen LogP contribution in [0.4, 0.5) is 5.69 Å². The molecule has 0 bridgehead atoms. The average Bonchev–Trinajstić information content (AvgIpc) is 3.21. The second kappa shape index (κ2) is 7.21. The van der Waals surface area contributed by atoms with Crippen molar-refractivity contribution in [3.05, 3.63) is 63.4 Å². The summed E-state index contributed by atoms with van der Waals surface area (Å²) in [6, 6.07) is 6.81. The molecule has 0 atom stereocenters.